The number of hydrogen-bond acceptors (Lipinski definition) is 2. The van der Waals surface area contributed by atoms with Crippen molar-refractivity contribution in [1.29, 1.82) is 5.41 Å². The zero-order valence-corrected chi connectivity index (χ0v) is 14.9. The third kappa shape index (κ3) is 3.21. The molecule has 3 aromatic rings. The summed E-state index contributed by atoms with van der Waals surface area (Å²) in [6.45, 7) is 3.33. The van der Waals surface area contributed by atoms with E-state index in [0.717, 1.165) is 5.56 Å². The molecule has 1 aliphatic rings. The van der Waals surface area contributed by atoms with Gasteiger partial charge in [0.1, 0.15) is 6.10 Å². The summed E-state index contributed by atoms with van der Waals surface area (Å²) in [6, 6.07) is 27.1. The minimum atomic E-state index is -0.155. The molecule has 0 aromatic heterocycles. The van der Waals surface area contributed by atoms with E-state index in [1.807, 2.05) is 42.2 Å². The Morgan fingerprint density at radius 2 is 1.31 bits per heavy atom. The fourth-order valence-electron chi connectivity index (χ4n) is 3.49. The molecule has 1 N–H and O–H groups in total. The van der Waals surface area contributed by atoms with Gasteiger partial charge in [0.2, 0.25) is 0 Å². The zero-order chi connectivity index (χ0) is 17.9. The number of nitrogens with one attached hydrogen (secondary N) is 1. The Morgan fingerprint density at radius 1 is 0.808 bits per heavy atom. The van der Waals surface area contributed by atoms with Crippen LogP contribution in [0.25, 0.3) is 11.1 Å². The van der Waals surface area contributed by atoms with E-state index in [0.29, 0.717) is 13.1 Å². The lowest BCUT2D eigenvalue weighted by atomic mass is 9.97. The topological polar surface area (TPSA) is 36.3 Å². The van der Waals surface area contributed by atoms with Crippen LogP contribution in [0.2, 0.25) is 0 Å². The van der Waals surface area contributed by atoms with Crippen LogP contribution in [0.3, 0.4) is 0 Å². The standard InChI is InChI=1S/C23H22N2O/c1-17(18-9-3-2-4-10-18)26-23(24)25-15-19-11-5-7-13-21(19)22-14-8-6-12-20(22)16-25/h2-14,17,24H,15-16H2,1H3. The number of nitrogens with zero attached hydrogens (tertiary/aromatic N) is 1. The molecule has 3 aromatic carbocycles. The van der Waals surface area contributed by atoms with Crippen LogP contribution < -0.4 is 0 Å². The van der Waals surface area contributed by atoms with Crippen molar-refractivity contribution in [3.05, 3.63) is 95.6 Å². The Hall–Kier alpha value is -3.07. The highest BCUT2D eigenvalue weighted by Gasteiger charge is 2.22. The van der Waals surface area contributed by atoms with Gasteiger partial charge in [0.25, 0.3) is 6.02 Å². The molecular weight excluding hydrogens is 320 g/mol. The molecule has 0 saturated heterocycles. The second-order valence-corrected chi connectivity index (χ2v) is 6.65. The third-order valence-corrected chi connectivity index (χ3v) is 4.89. The summed E-state index contributed by atoms with van der Waals surface area (Å²) in [5.41, 5.74) is 6.01. The second-order valence-electron chi connectivity index (χ2n) is 6.65. The van der Waals surface area contributed by atoms with Crippen LogP contribution in [-0.2, 0) is 17.8 Å². The number of rotatable bonds is 2. The van der Waals surface area contributed by atoms with Crippen LogP contribution in [0.15, 0.2) is 78.9 Å². The van der Waals surface area contributed by atoms with Crippen LogP contribution in [0, 0.1) is 5.41 Å². The van der Waals surface area contributed by atoms with Gasteiger partial charge in [0, 0.05) is 13.1 Å². The predicted octanol–water partition coefficient (Wildman–Crippen LogP) is 5.38. The second kappa shape index (κ2) is 7.04. The van der Waals surface area contributed by atoms with Gasteiger partial charge in [-0.2, -0.15) is 0 Å². The van der Waals surface area contributed by atoms with E-state index in [1.165, 1.54) is 22.3 Å². The highest BCUT2D eigenvalue weighted by atomic mass is 16.5. The molecule has 0 spiro atoms. The van der Waals surface area contributed by atoms with E-state index in [-0.39, 0.29) is 12.1 Å². The molecule has 1 heterocycles. The van der Waals surface area contributed by atoms with Crippen molar-refractivity contribution < 1.29 is 4.74 Å². The molecule has 3 heteroatoms. The number of fused-ring (bicyclic) bond motifs is 3. The first-order chi connectivity index (χ1) is 12.7. The first-order valence-corrected chi connectivity index (χ1v) is 8.93. The number of ether oxygens (including phenoxy) is 1. The van der Waals surface area contributed by atoms with Crippen molar-refractivity contribution in [2.45, 2.75) is 26.1 Å². The number of hydrogen-bond donors (Lipinski definition) is 1. The van der Waals surface area contributed by atoms with E-state index in [9.17, 15) is 0 Å². The molecule has 0 fully saturated rings. The van der Waals surface area contributed by atoms with Crippen LogP contribution in [0.4, 0.5) is 0 Å². The number of amidine groups is 1. The van der Waals surface area contributed by atoms with Gasteiger partial charge in [0.15, 0.2) is 0 Å². The van der Waals surface area contributed by atoms with Gasteiger partial charge < -0.3 is 9.64 Å². The van der Waals surface area contributed by atoms with Gasteiger partial charge in [-0.1, -0.05) is 78.9 Å². The SMILES string of the molecule is CC(OC(=N)N1Cc2ccccc2-c2ccccc2C1)c1ccccc1. The first-order valence-electron chi connectivity index (χ1n) is 8.93. The molecule has 3 nitrogen and oxygen atoms in total. The van der Waals surface area contributed by atoms with Gasteiger partial charge >= 0.3 is 0 Å². The molecule has 0 aliphatic carbocycles. The Balaban J connectivity index is 1.61. The molecular formula is C23H22N2O. The van der Waals surface area contributed by atoms with Gasteiger partial charge in [-0.3, -0.25) is 5.41 Å². The van der Waals surface area contributed by atoms with Gasteiger partial charge in [-0.05, 0) is 34.7 Å². The summed E-state index contributed by atoms with van der Waals surface area (Å²) < 4.78 is 5.97. The van der Waals surface area contributed by atoms with E-state index in [1.54, 1.807) is 0 Å². The molecule has 0 radical (unpaired) electrons. The molecule has 1 atom stereocenters. The Kier molecular flexibility index (Phi) is 4.44. The van der Waals surface area contributed by atoms with Crippen molar-refractivity contribution in [1.82, 2.24) is 4.90 Å². The minimum absolute atomic E-state index is 0.155. The summed E-state index contributed by atoms with van der Waals surface area (Å²) in [5.74, 6) is 0. The molecule has 130 valence electrons. The van der Waals surface area contributed by atoms with E-state index in [2.05, 4.69) is 48.5 Å². The summed E-state index contributed by atoms with van der Waals surface area (Å²) in [4.78, 5) is 2.00. The summed E-state index contributed by atoms with van der Waals surface area (Å²) >= 11 is 0. The fourth-order valence-corrected chi connectivity index (χ4v) is 3.49. The summed E-state index contributed by atoms with van der Waals surface area (Å²) in [6.07, 6.45) is -0.155. The smallest absolute Gasteiger partial charge is 0.285 e. The molecule has 0 bridgehead atoms. The lowest BCUT2D eigenvalue weighted by Gasteiger charge is -2.26. The Bertz CT molecular complexity index is 873. The van der Waals surface area contributed by atoms with Crippen molar-refractivity contribution in [2.75, 3.05) is 0 Å². The van der Waals surface area contributed by atoms with Gasteiger partial charge in [0.05, 0.1) is 0 Å². The minimum Gasteiger partial charge on any atom is -0.457 e. The predicted molar refractivity (Wildman–Crippen MR) is 105 cm³/mol. The molecule has 4 rings (SSSR count). The average molecular weight is 342 g/mol. The molecule has 0 saturated carbocycles. The molecule has 1 unspecified atom stereocenters. The molecule has 0 amide bonds. The lowest BCUT2D eigenvalue weighted by Crippen LogP contribution is -2.31. The maximum atomic E-state index is 8.55. The lowest BCUT2D eigenvalue weighted by molar-refractivity contribution is 0.157. The van der Waals surface area contributed by atoms with E-state index >= 15 is 0 Å². The normalized spacial score (nSPS) is 14.0. The summed E-state index contributed by atoms with van der Waals surface area (Å²) in [5, 5.41) is 8.55. The van der Waals surface area contributed by atoms with Crippen LogP contribution in [0.1, 0.15) is 29.7 Å². The van der Waals surface area contributed by atoms with Crippen LogP contribution >= 0.6 is 0 Å². The monoisotopic (exact) mass is 342 g/mol. The number of benzene rings is 3. The van der Waals surface area contributed by atoms with Crippen molar-refractivity contribution in [2.24, 2.45) is 0 Å². The highest BCUT2D eigenvalue weighted by molar-refractivity contribution is 5.76. The largest absolute Gasteiger partial charge is 0.457 e. The zero-order valence-electron chi connectivity index (χ0n) is 14.9. The maximum absolute atomic E-state index is 8.55. The maximum Gasteiger partial charge on any atom is 0.285 e. The summed E-state index contributed by atoms with van der Waals surface area (Å²) in [7, 11) is 0. The van der Waals surface area contributed by atoms with E-state index in [4.69, 9.17) is 10.1 Å². The average Bonchev–Trinajstić information content (AvgIpc) is 2.85. The fraction of sp³-hybridized carbons (Fsp3) is 0.174. The highest BCUT2D eigenvalue weighted by Crippen LogP contribution is 2.32. The third-order valence-electron chi connectivity index (χ3n) is 4.89. The molecule has 1 aliphatic heterocycles. The van der Waals surface area contributed by atoms with Crippen molar-refractivity contribution in [3.63, 3.8) is 0 Å². The molecule has 26 heavy (non-hydrogen) atoms. The van der Waals surface area contributed by atoms with Crippen molar-refractivity contribution in [3.8, 4) is 11.1 Å². The van der Waals surface area contributed by atoms with Crippen molar-refractivity contribution >= 4 is 6.02 Å². The van der Waals surface area contributed by atoms with Crippen LogP contribution in [-0.4, -0.2) is 10.9 Å². The van der Waals surface area contributed by atoms with Gasteiger partial charge in [-0.25, -0.2) is 0 Å². The Labute approximate surface area is 154 Å². The quantitative estimate of drug-likeness (QED) is 0.501. The Morgan fingerprint density at radius 3 is 1.88 bits per heavy atom. The van der Waals surface area contributed by atoms with Gasteiger partial charge in [-0.15, -0.1) is 0 Å². The van der Waals surface area contributed by atoms with E-state index < -0.39 is 0 Å². The van der Waals surface area contributed by atoms with Crippen LogP contribution in [0.5, 0.6) is 0 Å². The first kappa shape index (κ1) is 16.4.